The van der Waals surface area contributed by atoms with Gasteiger partial charge in [0.15, 0.2) is 5.17 Å². The van der Waals surface area contributed by atoms with Gasteiger partial charge in [-0.05, 0) is 41.6 Å². The third-order valence-corrected chi connectivity index (χ3v) is 4.21. The monoisotopic (exact) mass is 386 g/mol. The molecule has 0 spiro atoms. The van der Waals surface area contributed by atoms with Crippen LogP contribution in [-0.2, 0) is 4.79 Å². The highest BCUT2D eigenvalue weighted by Gasteiger charge is 2.21. The summed E-state index contributed by atoms with van der Waals surface area (Å²) in [6.07, 6.45) is 1.61. The second-order valence-corrected chi connectivity index (χ2v) is 6.27. The molecule has 1 aliphatic rings. The van der Waals surface area contributed by atoms with Crippen LogP contribution in [-0.4, -0.2) is 20.9 Å². The van der Waals surface area contributed by atoms with Crippen molar-refractivity contribution in [3.05, 3.63) is 73.2 Å². The first kappa shape index (κ1) is 18.1. The molecule has 0 unspecified atom stereocenters. The normalized spacial score (nSPS) is 14.9. The summed E-state index contributed by atoms with van der Waals surface area (Å²) in [6, 6.07) is 9.50. The number of nitro groups is 2. The van der Waals surface area contributed by atoms with E-state index >= 15 is 0 Å². The number of rotatable bonds is 5. The number of amides is 1. The zero-order valence-corrected chi connectivity index (χ0v) is 14.2. The van der Waals surface area contributed by atoms with Gasteiger partial charge in [-0.25, -0.2) is 0 Å². The van der Waals surface area contributed by atoms with Gasteiger partial charge in [0.2, 0.25) is 5.75 Å². The van der Waals surface area contributed by atoms with Crippen LogP contribution in [0.1, 0.15) is 5.56 Å². The molecule has 0 aliphatic carbocycles. The number of benzene rings is 2. The van der Waals surface area contributed by atoms with Gasteiger partial charge in [0.05, 0.1) is 20.8 Å². The lowest BCUT2D eigenvalue weighted by molar-refractivity contribution is -0.394. The molecule has 0 saturated carbocycles. The maximum absolute atomic E-state index is 11.6. The Bertz CT molecular complexity index is 1020. The van der Waals surface area contributed by atoms with Crippen molar-refractivity contribution in [2.45, 2.75) is 0 Å². The number of aliphatic imine (C=N–C) groups is 1. The molecular formula is C16H10N4O6S. The number of thioether (sulfide) groups is 1. The molecule has 3 rings (SSSR count). The summed E-state index contributed by atoms with van der Waals surface area (Å²) >= 11 is 1.06. The Labute approximate surface area is 155 Å². The first-order chi connectivity index (χ1) is 12.8. The van der Waals surface area contributed by atoms with Crippen LogP contribution in [0.4, 0.5) is 11.4 Å². The average molecular weight is 386 g/mol. The van der Waals surface area contributed by atoms with Crippen molar-refractivity contribution < 1.29 is 19.4 Å². The van der Waals surface area contributed by atoms with E-state index in [0.717, 1.165) is 23.9 Å². The summed E-state index contributed by atoms with van der Waals surface area (Å²) in [5.74, 6) is -0.256. The van der Waals surface area contributed by atoms with Gasteiger partial charge in [0, 0.05) is 6.07 Å². The van der Waals surface area contributed by atoms with Crippen LogP contribution in [0.5, 0.6) is 11.5 Å². The van der Waals surface area contributed by atoms with E-state index in [2.05, 4.69) is 4.99 Å². The van der Waals surface area contributed by atoms with E-state index in [1.54, 1.807) is 30.3 Å². The molecule has 0 bridgehead atoms. The van der Waals surface area contributed by atoms with Crippen LogP contribution in [0.25, 0.3) is 6.08 Å². The maximum atomic E-state index is 11.6. The van der Waals surface area contributed by atoms with Crippen molar-refractivity contribution in [2.24, 2.45) is 10.7 Å². The van der Waals surface area contributed by atoms with Gasteiger partial charge in [0.25, 0.3) is 11.6 Å². The molecule has 0 radical (unpaired) electrons. The molecule has 1 aliphatic heterocycles. The lowest BCUT2D eigenvalue weighted by Gasteiger charge is -2.06. The van der Waals surface area contributed by atoms with Crippen molar-refractivity contribution in [3.63, 3.8) is 0 Å². The zero-order chi connectivity index (χ0) is 19.6. The van der Waals surface area contributed by atoms with Crippen LogP contribution < -0.4 is 10.5 Å². The summed E-state index contributed by atoms with van der Waals surface area (Å²) in [7, 11) is 0. The van der Waals surface area contributed by atoms with E-state index < -0.39 is 27.1 Å². The fourth-order valence-electron chi connectivity index (χ4n) is 2.18. The van der Waals surface area contributed by atoms with Gasteiger partial charge in [-0.1, -0.05) is 12.1 Å². The zero-order valence-electron chi connectivity index (χ0n) is 13.4. The molecular weight excluding hydrogens is 376 g/mol. The number of nitro benzene ring substituents is 2. The highest BCUT2D eigenvalue weighted by atomic mass is 32.2. The van der Waals surface area contributed by atoms with Crippen LogP contribution in [0.15, 0.2) is 52.4 Å². The molecule has 1 heterocycles. The fraction of sp³-hybridized carbons (Fsp3) is 0. The van der Waals surface area contributed by atoms with E-state index in [4.69, 9.17) is 10.5 Å². The predicted octanol–water partition coefficient (Wildman–Crippen LogP) is 3.22. The number of nitrogens with two attached hydrogens (primary N) is 1. The Morgan fingerprint density at radius 3 is 2.33 bits per heavy atom. The highest BCUT2D eigenvalue weighted by Crippen LogP contribution is 2.34. The number of carbonyl (C=O) groups excluding carboxylic acids is 1. The lowest BCUT2D eigenvalue weighted by atomic mass is 10.2. The number of amidine groups is 1. The Kier molecular flexibility index (Phi) is 4.86. The molecule has 2 aromatic carbocycles. The molecule has 0 fully saturated rings. The first-order valence-electron chi connectivity index (χ1n) is 7.32. The van der Waals surface area contributed by atoms with Crippen LogP contribution in [0.3, 0.4) is 0 Å². The molecule has 0 aromatic heterocycles. The Morgan fingerprint density at radius 2 is 1.78 bits per heavy atom. The molecule has 136 valence electrons. The number of non-ortho nitro benzene ring substituents is 1. The van der Waals surface area contributed by atoms with E-state index in [-0.39, 0.29) is 16.7 Å². The van der Waals surface area contributed by atoms with Crippen molar-refractivity contribution >= 4 is 40.3 Å². The molecule has 2 N–H and O–H groups in total. The van der Waals surface area contributed by atoms with E-state index in [0.29, 0.717) is 10.5 Å². The SMILES string of the molecule is NC1=NC(=O)C(=Cc2ccc(Oc3ccc([N+](=O)[O-])cc3[N+](=O)[O-])cc2)S1. The maximum Gasteiger partial charge on any atom is 0.318 e. The van der Waals surface area contributed by atoms with Crippen LogP contribution >= 0.6 is 11.8 Å². The smallest absolute Gasteiger partial charge is 0.318 e. The van der Waals surface area contributed by atoms with Gasteiger partial charge >= 0.3 is 5.69 Å². The molecule has 2 aromatic rings. The number of hydrogen-bond donors (Lipinski definition) is 1. The second-order valence-electron chi connectivity index (χ2n) is 5.20. The van der Waals surface area contributed by atoms with E-state index in [1.165, 1.54) is 6.07 Å². The summed E-state index contributed by atoms with van der Waals surface area (Å²) < 4.78 is 5.47. The van der Waals surface area contributed by atoms with Crippen molar-refractivity contribution in [3.8, 4) is 11.5 Å². The minimum atomic E-state index is -0.756. The number of nitrogens with zero attached hydrogens (tertiary/aromatic N) is 3. The average Bonchev–Trinajstić information content (AvgIpc) is 2.93. The summed E-state index contributed by atoms with van der Waals surface area (Å²) in [5, 5.41) is 22.1. The molecule has 27 heavy (non-hydrogen) atoms. The van der Waals surface area contributed by atoms with E-state index in [9.17, 15) is 25.0 Å². The highest BCUT2D eigenvalue weighted by molar-refractivity contribution is 8.18. The van der Waals surface area contributed by atoms with Gasteiger partial charge in [-0.2, -0.15) is 4.99 Å². The van der Waals surface area contributed by atoms with Crippen molar-refractivity contribution in [1.29, 1.82) is 0 Å². The summed E-state index contributed by atoms with van der Waals surface area (Å²) in [4.78, 5) is 36.0. The lowest BCUT2D eigenvalue weighted by Crippen LogP contribution is -2.01. The number of carbonyl (C=O) groups is 1. The Hall–Kier alpha value is -3.73. The first-order valence-corrected chi connectivity index (χ1v) is 8.14. The minimum absolute atomic E-state index is 0.126. The largest absolute Gasteiger partial charge is 0.450 e. The molecule has 11 heteroatoms. The molecule has 1 amide bonds. The fourth-order valence-corrected chi connectivity index (χ4v) is 2.87. The van der Waals surface area contributed by atoms with Gasteiger partial charge in [-0.15, -0.1) is 0 Å². The van der Waals surface area contributed by atoms with Crippen LogP contribution in [0.2, 0.25) is 0 Å². The molecule has 10 nitrogen and oxygen atoms in total. The topological polar surface area (TPSA) is 151 Å². The van der Waals surface area contributed by atoms with Crippen LogP contribution in [0, 0.1) is 20.2 Å². The van der Waals surface area contributed by atoms with Gasteiger partial charge < -0.3 is 10.5 Å². The predicted molar refractivity (Wildman–Crippen MR) is 98.5 cm³/mol. The standard InChI is InChI=1S/C16H10N4O6S/c17-16-18-15(21)14(27-16)7-9-1-4-11(5-2-9)26-13-6-3-10(19(22)23)8-12(13)20(24)25/h1-8H,(H2,17,18,21). The summed E-state index contributed by atoms with van der Waals surface area (Å²) in [6.45, 7) is 0. The second kappa shape index (κ2) is 7.25. The third kappa shape index (κ3) is 4.10. The summed E-state index contributed by atoms with van der Waals surface area (Å²) in [5.41, 5.74) is 5.24. The van der Waals surface area contributed by atoms with Gasteiger partial charge in [0.1, 0.15) is 5.75 Å². The Balaban J connectivity index is 1.81. The molecule has 0 atom stereocenters. The number of ether oxygens (including phenoxy) is 1. The molecule has 0 saturated heterocycles. The van der Waals surface area contributed by atoms with Gasteiger partial charge in [-0.3, -0.25) is 25.0 Å². The Morgan fingerprint density at radius 1 is 1.07 bits per heavy atom. The number of hydrogen-bond acceptors (Lipinski definition) is 8. The third-order valence-electron chi connectivity index (χ3n) is 3.39. The minimum Gasteiger partial charge on any atom is -0.450 e. The van der Waals surface area contributed by atoms with Crippen molar-refractivity contribution in [1.82, 2.24) is 0 Å². The quantitative estimate of drug-likeness (QED) is 0.467. The van der Waals surface area contributed by atoms with E-state index in [1.807, 2.05) is 0 Å². The van der Waals surface area contributed by atoms with Crippen molar-refractivity contribution in [2.75, 3.05) is 0 Å².